The minimum Gasteiger partial charge on any atom is -0.391 e. The third kappa shape index (κ3) is 2.94. The van der Waals surface area contributed by atoms with Crippen LogP contribution in [0, 0.1) is 0 Å². The highest BCUT2D eigenvalue weighted by atomic mass is 16.5. The van der Waals surface area contributed by atoms with Crippen molar-refractivity contribution in [2.45, 2.75) is 25.0 Å². The summed E-state index contributed by atoms with van der Waals surface area (Å²) in [6, 6.07) is 0. The van der Waals surface area contributed by atoms with E-state index in [4.69, 9.17) is 10.5 Å². The number of rotatable bonds is 4. The van der Waals surface area contributed by atoms with Gasteiger partial charge in [-0.15, -0.1) is 0 Å². The van der Waals surface area contributed by atoms with Gasteiger partial charge < -0.3 is 20.5 Å². The van der Waals surface area contributed by atoms with Crippen LogP contribution in [0.15, 0.2) is 0 Å². The number of ether oxygens (including phenoxy) is 1. The lowest BCUT2D eigenvalue weighted by atomic mass is 10.2. The molecule has 14 heavy (non-hydrogen) atoms. The number of carbonyl (C=O) groups is 1. The number of amides is 1. The van der Waals surface area contributed by atoms with Gasteiger partial charge in [0.15, 0.2) is 0 Å². The maximum absolute atomic E-state index is 11.6. The molecule has 0 saturated carbocycles. The number of methoxy groups -OCH3 is 1. The molecule has 5 nitrogen and oxygen atoms in total. The third-order valence-electron chi connectivity index (χ3n) is 2.51. The molecule has 0 aromatic rings. The van der Waals surface area contributed by atoms with Gasteiger partial charge in [0.1, 0.15) is 0 Å². The van der Waals surface area contributed by atoms with Gasteiger partial charge in [0.05, 0.1) is 18.6 Å². The number of nitrogens with zero attached hydrogens (tertiary/aromatic N) is 1. The van der Waals surface area contributed by atoms with Crippen molar-refractivity contribution in [3.05, 3.63) is 0 Å². The van der Waals surface area contributed by atoms with Crippen molar-refractivity contribution in [2.24, 2.45) is 5.73 Å². The smallest absolute Gasteiger partial charge is 0.225 e. The van der Waals surface area contributed by atoms with Gasteiger partial charge >= 0.3 is 0 Å². The summed E-state index contributed by atoms with van der Waals surface area (Å²) in [5, 5.41) is 9.25. The highest BCUT2D eigenvalue weighted by Gasteiger charge is 2.25. The Hall–Kier alpha value is -0.650. The van der Waals surface area contributed by atoms with Crippen LogP contribution in [0.2, 0.25) is 0 Å². The van der Waals surface area contributed by atoms with Crippen LogP contribution in [-0.4, -0.2) is 54.9 Å². The summed E-state index contributed by atoms with van der Waals surface area (Å²) >= 11 is 0. The summed E-state index contributed by atoms with van der Waals surface area (Å²) < 4.78 is 5.02. The Morgan fingerprint density at radius 1 is 1.79 bits per heavy atom. The minimum atomic E-state index is -0.363. The molecule has 1 amide bonds. The van der Waals surface area contributed by atoms with Crippen molar-refractivity contribution in [1.29, 1.82) is 0 Å². The first-order chi connectivity index (χ1) is 6.67. The second-order valence-corrected chi connectivity index (χ2v) is 3.58. The molecule has 0 radical (unpaired) electrons. The van der Waals surface area contributed by atoms with E-state index in [-0.39, 0.29) is 18.1 Å². The summed E-state index contributed by atoms with van der Waals surface area (Å²) in [5.41, 5.74) is 5.41. The number of likely N-dealkylation sites (tertiary alicyclic amines) is 1. The van der Waals surface area contributed by atoms with Crippen LogP contribution in [0.3, 0.4) is 0 Å². The van der Waals surface area contributed by atoms with E-state index in [0.29, 0.717) is 32.5 Å². The molecule has 82 valence electrons. The summed E-state index contributed by atoms with van der Waals surface area (Å²) in [6.45, 7) is 1.43. The molecule has 0 spiro atoms. The molecule has 0 aliphatic carbocycles. The second-order valence-electron chi connectivity index (χ2n) is 3.58. The fourth-order valence-electron chi connectivity index (χ4n) is 1.56. The molecule has 1 rings (SSSR count). The number of hydrogen-bond donors (Lipinski definition) is 2. The van der Waals surface area contributed by atoms with Gasteiger partial charge in [0, 0.05) is 26.7 Å². The molecular weight excluding hydrogens is 184 g/mol. The van der Waals surface area contributed by atoms with Gasteiger partial charge in [0.2, 0.25) is 5.91 Å². The average Bonchev–Trinajstić information content (AvgIpc) is 2.61. The number of hydrogen-bond acceptors (Lipinski definition) is 4. The topological polar surface area (TPSA) is 75.8 Å². The average molecular weight is 202 g/mol. The lowest BCUT2D eigenvalue weighted by Crippen LogP contribution is -2.35. The zero-order valence-electron chi connectivity index (χ0n) is 8.48. The zero-order chi connectivity index (χ0) is 10.6. The van der Waals surface area contributed by atoms with Crippen molar-refractivity contribution < 1.29 is 14.6 Å². The Morgan fingerprint density at radius 3 is 2.93 bits per heavy atom. The van der Waals surface area contributed by atoms with Crippen LogP contribution in [-0.2, 0) is 9.53 Å². The van der Waals surface area contributed by atoms with E-state index in [1.165, 1.54) is 0 Å². The van der Waals surface area contributed by atoms with Crippen molar-refractivity contribution in [3.63, 3.8) is 0 Å². The number of β-amino-alcohol motifs (C(OH)–C–C–N with tert-alkyl or cyclic N) is 1. The minimum absolute atomic E-state index is 0.0128. The van der Waals surface area contributed by atoms with Crippen molar-refractivity contribution >= 4 is 5.91 Å². The lowest BCUT2D eigenvalue weighted by Gasteiger charge is -2.18. The first-order valence-electron chi connectivity index (χ1n) is 4.86. The third-order valence-corrected chi connectivity index (χ3v) is 2.51. The summed E-state index contributed by atoms with van der Waals surface area (Å²) in [4.78, 5) is 13.3. The maximum atomic E-state index is 11.6. The molecule has 1 fully saturated rings. The van der Waals surface area contributed by atoms with Gasteiger partial charge in [-0.25, -0.2) is 0 Å². The molecule has 0 aromatic heterocycles. The number of aliphatic hydroxyl groups is 1. The van der Waals surface area contributed by atoms with Gasteiger partial charge in [-0.3, -0.25) is 4.79 Å². The molecule has 0 bridgehead atoms. The number of nitrogens with two attached hydrogens (primary N) is 1. The van der Waals surface area contributed by atoms with Gasteiger partial charge in [-0.2, -0.15) is 0 Å². The molecular formula is C9H18N2O3. The van der Waals surface area contributed by atoms with Gasteiger partial charge in [-0.05, 0) is 6.42 Å². The van der Waals surface area contributed by atoms with E-state index in [9.17, 15) is 9.90 Å². The monoisotopic (exact) mass is 202 g/mol. The molecule has 5 heteroatoms. The van der Waals surface area contributed by atoms with Crippen LogP contribution in [0.1, 0.15) is 12.8 Å². The Morgan fingerprint density at radius 2 is 2.50 bits per heavy atom. The van der Waals surface area contributed by atoms with Crippen LogP contribution >= 0.6 is 0 Å². The number of aliphatic hydroxyl groups excluding tert-OH is 1. The Labute approximate surface area is 83.8 Å². The summed E-state index contributed by atoms with van der Waals surface area (Å²) in [5.74, 6) is 0.0128. The standard InChI is InChI=1S/C9H18N2O3/c1-14-8(5-10)4-9(13)11-3-2-7(12)6-11/h7-8,12H,2-6,10H2,1H3. The molecule has 1 heterocycles. The molecule has 2 unspecified atom stereocenters. The first kappa shape index (κ1) is 11.4. The molecule has 3 N–H and O–H groups in total. The number of carbonyl (C=O) groups excluding carboxylic acids is 1. The van der Waals surface area contributed by atoms with Crippen LogP contribution in [0.25, 0.3) is 0 Å². The lowest BCUT2D eigenvalue weighted by molar-refractivity contribution is -0.132. The fourth-order valence-corrected chi connectivity index (χ4v) is 1.56. The predicted octanol–water partition coefficient (Wildman–Crippen LogP) is -1.06. The van der Waals surface area contributed by atoms with E-state index >= 15 is 0 Å². The normalized spacial score (nSPS) is 23.9. The van der Waals surface area contributed by atoms with Crippen molar-refractivity contribution in [1.82, 2.24) is 4.90 Å². The Kier molecular flexibility index (Phi) is 4.31. The van der Waals surface area contributed by atoms with Gasteiger partial charge in [-0.1, -0.05) is 0 Å². The van der Waals surface area contributed by atoms with Gasteiger partial charge in [0.25, 0.3) is 0 Å². The Balaban J connectivity index is 2.34. The van der Waals surface area contributed by atoms with Crippen LogP contribution < -0.4 is 5.73 Å². The highest BCUT2D eigenvalue weighted by molar-refractivity contribution is 5.77. The molecule has 1 aliphatic rings. The maximum Gasteiger partial charge on any atom is 0.225 e. The zero-order valence-corrected chi connectivity index (χ0v) is 8.48. The second kappa shape index (κ2) is 5.29. The SMILES string of the molecule is COC(CN)CC(=O)N1CCC(O)C1. The van der Waals surface area contributed by atoms with Crippen molar-refractivity contribution in [2.75, 3.05) is 26.7 Å². The fraction of sp³-hybridized carbons (Fsp3) is 0.889. The van der Waals surface area contributed by atoms with E-state index in [1.54, 1.807) is 12.0 Å². The molecule has 0 aromatic carbocycles. The quantitative estimate of drug-likeness (QED) is 0.609. The van der Waals surface area contributed by atoms with E-state index in [2.05, 4.69) is 0 Å². The highest BCUT2D eigenvalue weighted by Crippen LogP contribution is 2.11. The molecule has 2 atom stereocenters. The van der Waals surface area contributed by atoms with E-state index in [1.807, 2.05) is 0 Å². The van der Waals surface area contributed by atoms with E-state index < -0.39 is 0 Å². The van der Waals surface area contributed by atoms with E-state index in [0.717, 1.165) is 0 Å². The molecule has 1 saturated heterocycles. The summed E-state index contributed by atoms with van der Waals surface area (Å²) in [6.07, 6.45) is 0.407. The summed E-state index contributed by atoms with van der Waals surface area (Å²) in [7, 11) is 1.55. The molecule has 1 aliphatic heterocycles. The van der Waals surface area contributed by atoms with Crippen LogP contribution in [0.5, 0.6) is 0 Å². The van der Waals surface area contributed by atoms with Crippen molar-refractivity contribution in [3.8, 4) is 0 Å². The largest absolute Gasteiger partial charge is 0.391 e. The Bertz CT molecular complexity index is 194. The first-order valence-corrected chi connectivity index (χ1v) is 4.86. The predicted molar refractivity (Wildman–Crippen MR) is 51.7 cm³/mol. The van der Waals surface area contributed by atoms with Crippen LogP contribution in [0.4, 0.5) is 0 Å².